The lowest BCUT2D eigenvalue weighted by Gasteiger charge is -2.32. The summed E-state index contributed by atoms with van der Waals surface area (Å²) >= 11 is 6.14. The molecule has 7 nitrogen and oxygen atoms in total. The number of hydrogen-bond acceptors (Lipinski definition) is 4. The van der Waals surface area contributed by atoms with E-state index in [0.29, 0.717) is 53.3 Å². The van der Waals surface area contributed by atoms with Gasteiger partial charge >= 0.3 is 6.03 Å². The van der Waals surface area contributed by atoms with E-state index in [-0.39, 0.29) is 17.6 Å². The van der Waals surface area contributed by atoms with Crippen molar-refractivity contribution in [2.45, 2.75) is 18.9 Å². The minimum atomic E-state index is -0.160. The molecule has 2 amide bonds. The zero-order valence-corrected chi connectivity index (χ0v) is 16.7. The van der Waals surface area contributed by atoms with Crippen molar-refractivity contribution in [2.24, 2.45) is 0 Å². The minimum absolute atomic E-state index is 0.000694. The molecule has 0 atom stereocenters. The Morgan fingerprint density at radius 2 is 1.97 bits per heavy atom. The number of fused-ring (bicyclic) bond motifs is 1. The first-order valence-electron chi connectivity index (χ1n) is 9.42. The summed E-state index contributed by atoms with van der Waals surface area (Å²) in [5.74, 6) is 0.685. The van der Waals surface area contributed by atoms with Crippen LogP contribution in [-0.2, 0) is 0 Å². The number of benzene rings is 2. The van der Waals surface area contributed by atoms with Crippen LogP contribution in [0.2, 0.25) is 5.02 Å². The van der Waals surface area contributed by atoms with E-state index in [1.54, 1.807) is 47.2 Å². The van der Waals surface area contributed by atoms with Crippen LogP contribution < -0.4 is 15.6 Å². The van der Waals surface area contributed by atoms with Crippen LogP contribution in [0.1, 0.15) is 18.9 Å². The second-order valence-electron chi connectivity index (χ2n) is 6.97. The Hall–Kier alpha value is -3.06. The highest BCUT2D eigenvalue weighted by molar-refractivity contribution is 6.34. The molecule has 1 N–H and O–H groups in total. The average molecular weight is 413 g/mol. The summed E-state index contributed by atoms with van der Waals surface area (Å²) in [5, 5.41) is 3.87. The van der Waals surface area contributed by atoms with Gasteiger partial charge in [-0.3, -0.25) is 9.36 Å². The summed E-state index contributed by atoms with van der Waals surface area (Å²) in [6, 6.07) is 12.3. The van der Waals surface area contributed by atoms with E-state index in [9.17, 15) is 9.59 Å². The number of carbonyl (C=O) groups is 1. The number of methoxy groups -OCH3 is 1. The highest BCUT2D eigenvalue weighted by Crippen LogP contribution is 2.24. The molecule has 0 spiro atoms. The largest absolute Gasteiger partial charge is 0.497 e. The second kappa shape index (κ2) is 8.13. The Morgan fingerprint density at radius 3 is 2.72 bits per heavy atom. The predicted octanol–water partition coefficient (Wildman–Crippen LogP) is 3.93. The number of nitrogens with one attached hydrogen (secondary N) is 1. The quantitative estimate of drug-likeness (QED) is 0.707. The first-order valence-corrected chi connectivity index (χ1v) is 9.80. The maximum atomic E-state index is 12.9. The summed E-state index contributed by atoms with van der Waals surface area (Å²) in [6.45, 7) is 1.11. The van der Waals surface area contributed by atoms with E-state index < -0.39 is 0 Å². The molecular weight excluding hydrogens is 392 g/mol. The Balaban J connectivity index is 1.44. The molecule has 29 heavy (non-hydrogen) atoms. The van der Waals surface area contributed by atoms with Crippen LogP contribution in [0.3, 0.4) is 0 Å². The van der Waals surface area contributed by atoms with Crippen molar-refractivity contribution in [3.05, 3.63) is 64.2 Å². The number of piperidine rings is 1. The SMILES string of the molecule is COc1cccc(NC(=O)N2CCC(n3cnc4c(Cl)cccc4c3=O)CC2)c1. The van der Waals surface area contributed by atoms with Gasteiger partial charge in [-0.25, -0.2) is 9.78 Å². The molecule has 0 bridgehead atoms. The first kappa shape index (κ1) is 19.3. The molecule has 0 saturated carbocycles. The maximum absolute atomic E-state index is 12.9. The summed E-state index contributed by atoms with van der Waals surface area (Å²) in [6.07, 6.45) is 2.92. The van der Waals surface area contributed by atoms with Gasteiger partial charge in [0.25, 0.3) is 5.56 Å². The number of urea groups is 1. The van der Waals surface area contributed by atoms with E-state index >= 15 is 0 Å². The number of ether oxygens (including phenoxy) is 1. The molecule has 1 saturated heterocycles. The normalized spacial score (nSPS) is 14.8. The highest BCUT2D eigenvalue weighted by Gasteiger charge is 2.25. The maximum Gasteiger partial charge on any atom is 0.321 e. The Kier molecular flexibility index (Phi) is 5.40. The van der Waals surface area contributed by atoms with Crippen molar-refractivity contribution in [1.29, 1.82) is 0 Å². The van der Waals surface area contributed by atoms with Gasteiger partial charge in [0.2, 0.25) is 0 Å². The van der Waals surface area contributed by atoms with Crippen LogP contribution in [0, 0.1) is 0 Å². The second-order valence-corrected chi connectivity index (χ2v) is 7.38. The molecule has 1 aliphatic rings. The lowest BCUT2D eigenvalue weighted by Crippen LogP contribution is -2.42. The van der Waals surface area contributed by atoms with Crippen LogP contribution in [0.5, 0.6) is 5.75 Å². The molecule has 1 aliphatic heterocycles. The monoisotopic (exact) mass is 412 g/mol. The molecule has 0 unspecified atom stereocenters. The number of rotatable bonds is 3. The lowest BCUT2D eigenvalue weighted by atomic mass is 10.0. The van der Waals surface area contributed by atoms with Gasteiger partial charge in [-0.2, -0.15) is 0 Å². The lowest BCUT2D eigenvalue weighted by molar-refractivity contribution is 0.182. The van der Waals surface area contributed by atoms with Gasteiger partial charge in [-0.05, 0) is 37.1 Å². The van der Waals surface area contributed by atoms with E-state index in [1.165, 1.54) is 0 Å². The number of aromatic nitrogens is 2. The Labute approximate surface area is 172 Å². The van der Waals surface area contributed by atoms with Crippen molar-refractivity contribution in [2.75, 3.05) is 25.5 Å². The fourth-order valence-electron chi connectivity index (χ4n) is 3.64. The smallest absolute Gasteiger partial charge is 0.321 e. The van der Waals surface area contributed by atoms with Gasteiger partial charge < -0.3 is 15.0 Å². The van der Waals surface area contributed by atoms with Gasteiger partial charge in [0, 0.05) is 30.9 Å². The van der Waals surface area contributed by atoms with Crippen molar-refractivity contribution in [3.63, 3.8) is 0 Å². The number of amides is 2. The summed E-state index contributed by atoms with van der Waals surface area (Å²) < 4.78 is 6.85. The van der Waals surface area contributed by atoms with Crippen molar-refractivity contribution < 1.29 is 9.53 Å². The number of hydrogen-bond donors (Lipinski definition) is 1. The van der Waals surface area contributed by atoms with Gasteiger partial charge in [0.15, 0.2) is 0 Å². The first-order chi connectivity index (χ1) is 14.1. The molecule has 4 rings (SSSR count). The topological polar surface area (TPSA) is 76.5 Å². The standard InChI is InChI=1S/C21H21ClN4O3/c1-29-16-5-2-4-14(12-16)24-21(28)25-10-8-15(9-11-25)26-13-23-19-17(20(26)27)6-3-7-18(19)22/h2-7,12-13,15H,8-11H2,1H3,(H,24,28). The number of likely N-dealkylation sites (tertiary alicyclic amines) is 1. The Morgan fingerprint density at radius 1 is 1.21 bits per heavy atom. The van der Waals surface area contributed by atoms with Gasteiger partial charge in [0.05, 0.1) is 29.4 Å². The summed E-state index contributed by atoms with van der Waals surface area (Å²) in [7, 11) is 1.59. The molecule has 150 valence electrons. The van der Waals surface area contributed by atoms with Crippen LogP contribution in [-0.4, -0.2) is 40.7 Å². The molecule has 1 aromatic heterocycles. The van der Waals surface area contributed by atoms with Crippen molar-refractivity contribution in [3.8, 4) is 5.75 Å². The van der Waals surface area contributed by atoms with Crippen LogP contribution >= 0.6 is 11.6 Å². The number of nitrogens with zero attached hydrogens (tertiary/aromatic N) is 3. The number of para-hydroxylation sites is 1. The van der Waals surface area contributed by atoms with Crippen LogP contribution in [0.4, 0.5) is 10.5 Å². The third-order valence-corrected chi connectivity index (χ3v) is 5.53. The van der Waals surface area contributed by atoms with Crippen molar-refractivity contribution in [1.82, 2.24) is 14.5 Å². The molecule has 1 fully saturated rings. The minimum Gasteiger partial charge on any atom is -0.497 e. The molecule has 2 aromatic carbocycles. The third kappa shape index (κ3) is 3.91. The highest BCUT2D eigenvalue weighted by atomic mass is 35.5. The third-order valence-electron chi connectivity index (χ3n) is 5.23. The zero-order chi connectivity index (χ0) is 20.4. The molecule has 8 heteroatoms. The van der Waals surface area contributed by atoms with Gasteiger partial charge in [0.1, 0.15) is 5.75 Å². The summed E-state index contributed by atoms with van der Waals surface area (Å²) in [4.78, 5) is 31.6. The van der Waals surface area contributed by atoms with E-state index in [1.807, 2.05) is 18.2 Å². The number of anilines is 1. The van der Waals surface area contributed by atoms with Crippen LogP contribution in [0.15, 0.2) is 53.6 Å². The number of carbonyl (C=O) groups excluding carboxylic acids is 1. The number of halogens is 1. The fourth-order valence-corrected chi connectivity index (χ4v) is 3.86. The molecule has 2 heterocycles. The van der Waals surface area contributed by atoms with E-state index in [2.05, 4.69) is 10.3 Å². The predicted molar refractivity (Wildman–Crippen MR) is 113 cm³/mol. The van der Waals surface area contributed by atoms with Gasteiger partial charge in [-0.15, -0.1) is 0 Å². The summed E-state index contributed by atoms with van der Waals surface area (Å²) in [5.41, 5.74) is 1.10. The Bertz CT molecular complexity index is 1110. The average Bonchev–Trinajstić information content (AvgIpc) is 2.75. The van der Waals surface area contributed by atoms with Crippen molar-refractivity contribution >= 4 is 34.2 Å². The van der Waals surface area contributed by atoms with E-state index in [0.717, 1.165) is 0 Å². The van der Waals surface area contributed by atoms with E-state index in [4.69, 9.17) is 16.3 Å². The fraction of sp³-hybridized carbons (Fsp3) is 0.286. The zero-order valence-electron chi connectivity index (χ0n) is 16.0. The van der Waals surface area contributed by atoms with Gasteiger partial charge in [-0.1, -0.05) is 23.7 Å². The molecule has 0 radical (unpaired) electrons. The molecular formula is C21H21ClN4O3. The molecule has 0 aliphatic carbocycles. The molecule has 3 aromatic rings. The van der Waals surface area contributed by atoms with Crippen LogP contribution in [0.25, 0.3) is 10.9 Å².